The average Bonchev–Trinajstić information content (AvgIpc) is 2.24. The topological polar surface area (TPSA) is 92.3 Å². The van der Waals surface area contributed by atoms with Crippen molar-refractivity contribution in [1.82, 2.24) is 9.44 Å². The molecule has 114 valence electrons. The first kappa shape index (κ1) is 17.6. The lowest BCUT2D eigenvalue weighted by molar-refractivity contribution is 0.446. The Hall–Kier alpha value is -0.480. The molecule has 0 saturated heterocycles. The van der Waals surface area contributed by atoms with Crippen LogP contribution in [0.5, 0.6) is 0 Å². The molecule has 20 heavy (non-hydrogen) atoms. The summed E-state index contributed by atoms with van der Waals surface area (Å²) < 4.78 is 52.0. The van der Waals surface area contributed by atoms with E-state index in [1.807, 2.05) is 0 Å². The van der Waals surface area contributed by atoms with Gasteiger partial charge in [-0.05, 0) is 38.1 Å². The monoisotopic (exact) mass is 384 g/mol. The van der Waals surface area contributed by atoms with Gasteiger partial charge in [-0.15, -0.1) is 0 Å². The van der Waals surface area contributed by atoms with Crippen LogP contribution < -0.4 is 9.44 Å². The molecule has 0 atom stereocenters. The predicted molar refractivity (Wildman–Crippen MR) is 81.4 cm³/mol. The maximum Gasteiger partial charge on any atom is 0.240 e. The second kappa shape index (κ2) is 6.10. The molecule has 6 nitrogen and oxygen atoms in total. The van der Waals surface area contributed by atoms with Gasteiger partial charge in [-0.2, -0.15) is 0 Å². The number of hydrogen-bond acceptors (Lipinski definition) is 4. The highest BCUT2D eigenvalue weighted by Gasteiger charge is 2.25. The van der Waals surface area contributed by atoms with Crippen LogP contribution in [0.1, 0.15) is 13.8 Å². The summed E-state index contributed by atoms with van der Waals surface area (Å²) in [6.07, 6.45) is 1.03. The van der Waals surface area contributed by atoms with E-state index in [0.29, 0.717) is 0 Å². The lowest BCUT2D eigenvalue weighted by Crippen LogP contribution is -2.50. The third kappa shape index (κ3) is 5.88. The van der Waals surface area contributed by atoms with Crippen molar-refractivity contribution < 1.29 is 16.8 Å². The van der Waals surface area contributed by atoms with Gasteiger partial charge in [-0.3, -0.25) is 0 Å². The highest BCUT2D eigenvalue weighted by atomic mass is 79.9. The summed E-state index contributed by atoms with van der Waals surface area (Å²) in [6.45, 7) is 3.13. The first-order chi connectivity index (χ1) is 8.91. The molecule has 0 aliphatic carbocycles. The molecule has 2 N–H and O–H groups in total. The summed E-state index contributed by atoms with van der Waals surface area (Å²) in [6, 6.07) is 6.16. The van der Waals surface area contributed by atoms with E-state index in [4.69, 9.17) is 0 Å². The molecule has 1 rings (SSSR count). The molecule has 0 aliphatic rings. The number of rotatable bonds is 6. The average molecular weight is 385 g/mol. The van der Waals surface area contributed by atoms with Crippen LogP contribution in [-0.4, -0.2) is 35.2 Å². The SMILES string of the molecule is CC(C)(CNS(=O)(=O)c1ccc(Br)cc1)NS(C)(=O)=O. The van der Waals surface area contributed by atoms with Gasteiger partial charge < -0.3 is 0 Å². The van der Waals surface area contributed by atoms with E-state index >= 15 is 0 Å². The van der Waals surface area contributed by atoms with E-state index < -0.39 is 25.6 Å². The Kier molecular flexibility index (Phi) is 5.36. The molecule has 0 amide bonds. The second-order valence-corrected chi connectivity index (χ2v) is 9.47. The van der Waals surface area contributed by atoms with Crippen molar-refractivity contribution in [2.75, 3.05) is 12.8 Å². The van der Waals surface area contributed by atoms with Gasteiger partial charge in [0.25, 0.3) is 0 Å². The molecule has 0 saturated carbocycles. The molecule has 0 spiro atoms. The maximum absolute atomic E-state index is 12.1. The van der Waals surface area contributed by atoms with Gasteiger partial charge in [0.05, 0.1) is 11.2 Å². The van der Waals surface area contributed by atoms with Crippen molar-refractivity contribution in [3.05, 3.63) is 28.7 Å². The van der Waals surface area contributed by atoms with Crippen LogP contribution in [0.3, 0.4) is 0 Å². The number of nitrogens with one attached hydrogen (secondary N) is 2. The summed E-state index contributed by atoms with van der Waals surface area (Å²) in [5.41, 5.74) is -0.921. The second-order valence-electron chi connectivity index (χ2n) is 5.04. The number of benzene rings is 1. The highest BCUT2D eigenvalue weighted by Crippen LogP contribution is 2.15. The largest absolute Gasteiger partial charge is 0.240 e. The van der Waals surface area contributed by atoms with E-state index in [9.17, 15) is 16.8 Å². The molecule has 0 fully saturated rings. The Morgan fingerprint density at radius 3 is 2.05 bits per heavy atom. The zero-order chi connectivity index (χ0) is 15.6. The predicted octanol–water partition coefficient (Wildman–Crippen LogP) is 1.06. The van der Waals surface area contributed by atoms with E-state index in [1.165, 1.54) is 12.1 Å². The number of halogens is 1. The van der Waals surface area contributed by atoms with Gasteiger partial charge in [0.1, 0.15) is 0 Å². The minimum absolute atomic E-state index is 0.0571. The van der Waals surface area contributed by atoms with Crippen molar-refractivity contribution in [1.29, 1.82) is 0 Å². The van der Waals surface area contributed by atoms with E-state index in [0.717, 1.165) is 10.7 Å². The van der Waals surface area contributed by atoms with E-state index in [1.54, 1.807) is 26.0 Å². The molecule has 0 aromatic heterocycles. The van der Waals surface area contributed by atoms with Gasteiger partial charge >= 0.3 is 0 Å². The Morgan fingerprint density at radius 1 is 1.10 bits per heavy atom. The standard InChI is InChI=1S/C11H17BrN2O4S2/c1-11(2,14-19(3,15)16)8-13-20(17,18)10-6-4-9(12)5-7-10/h4-7,13-14H,8H2,1-3H3. The third-order valence-electron chi connectivity index (χ3n) is 2.29. The van der Waals surface area contributed by atoms with Crippen LogP contribution in [0.15, 0.2) is 33.6 Å². The van der Waals surface area contributed by atoms with Crippen molar-refractivity contribution in [2.24, 2.45) is 0 Å². The summed E-state index contributed by atoms with van der Waals surface area (Å²) >= 11 is 3.22. The van der Waals surface area contributed by atoms with Crippen molar-refractivity contribution in [2.45, 2.75) is 24.3 Å². The number of hydrogen-bond donors (Lipinski definition) is 2. The molecule has 0 radical (unpaired) electrons. The molecule has 1 aromatic carbocycles. The normalized spacial score (nSPS) is 13.4. The van der Waals surface area contributed by atoms with Crippen molar-refractivity contribution in [3.63, 3.8) is 0 Å². The van der Waals surface area contributed by atoms with Crippen LogP contribution in [-0.2, 0) is 20.0 Å². The minimum atomic E-state index is -3.67. The van der Waals surface area contributed by atoms with Gasteiger partial charge in [-0.25, -0.2) is 26.3 Å². The first-order valence-corrected chi connectivity index (χ1v) is 9.82. The van der Waals surface area contributed by atoms with Gasteiger partial charge in [0.15, 0.2) is 0 Å². The fourth-order valence-electron chi connectivity index (χ4n) is 1.51. The van der Waals surface area contributed by atoms with Crippen molar-refractivity contribution >= 4 is 36.0 Å². The summed E-state index contributed by atoms with van der Waals surface area (Å²) in [7, 11) is -7.08. The Balaban J connectivity index is 2.80. The zero-order valence-electron chi connectivity index (χ0n) is 11.3. The summed E-state index contributed by atoms with van der Waals surface area (Å²) in [5.74, 6) is 0. The van der Waals surface area contributed by atoms with Gasteiger partial charge in [0.2, 0.25) is 20.0 Å². The van der Waals surface area contributed by atoms with Crippen LogP contribution in [0.25, 0.3) is 0 Å². The molecular formula is C11H17BrN2O4S2. The Labute approximate surface area is 128 Å². The fraction of sp³-hybridized carbons (Fsp3) is 0.455. The third-order valence-corrected chi connectivity index (χ3v) is 5.16. The molecule has 9 heteroatoms. The molecule has 0 aliphatic heterocycles. The first-order valence-electron chi connectivity index (χ1n) is 5.65. The van der Waals surface area contributed by atoms with E-state index in [-0.39, 0.29) is 11.4 Å². The summed E-state index contributed by atoms with van der Waals surface area (Å²) in [5, 5.41) is 0. The van der Waals surface area contributed by atoms with Crippen LogP contribution in [0.4, 0.5) is 0 Å². The molecule has 0 unspecified atom stereocenters. The van der Waals surface area contributed by atoms with Gasteiger partial charge in [-0.1, -0.05) is 15.9 Å². The summed E-state index contributed by atoms with van der Waals surface area (Å²) in [4.78, 5) is 0.121. The minimum Gasteiger partial charge on any atom is -0.213 e. The molecule has 0 bridgehead atoms. The highest BCUT2D eigenvalue weighted by molar-refractivity contribution is 9.10. The van der Waals surface area contributed by atoms with Gasteiger partial charge in [0, 0.05) is 16.6 Å². The lowest BCUT2D eigenvalue weighted by atomic mass is 10.1. The molecule has 1 aromatic rings. The Morgan fingerprint density at radius 2 is 1.60 bits per heavy atom. The smallest absolute Gasteiger partial charge is 0.213 e. The van der Waals surface area contributed by atoms with Crippen LogP contribution in [0, 0.1) is 0 Å². The molecule has 0 heterocycles. The maximum atomic E-state index is 12.1. The van der Waals surface area contributed by atoms with Crippen LogP contribution in [0.2, 0.25) is 0 Å². The zero-order valence-corrected chi connectivity index (χ0v) is 14.6. The lowest BCUT2D eigenvalue weighted by Gasteiger charge is -2.25. The van der Waals surface area contributed by atoms with Crippen LogP contribution >= 0.6 is 15.9 Å². The Bertz CT molecular complexity index is 667. The number of sulfonamides is 2. The molecular weight excluding hydrogens is 368 g/mol. The quantitative estimate of drug-likeness (QED) is 0.766. The van der Waals surface area contributed by atoms with E-state index in [2.05, 4.69) is 25.4 Å². The van der Waals surface area contributed by atoms with Crippen molar-refractivity contribution in [3.8, 4) is 0 Å². The fourth-order valence-corrected chi connectivity index (χ4v) is 4.06.